The van der Waals surface area contributed by atoms with Crippen molar-refractivity contribution in [1.29, 1.82) is 0 Å². The van der Waals surface area contributed by atoms with Gasteiger partial charge in [0.2, 0.25) is 0 Å². The smallest absolute Gasteiger partial charge is 0.298 e. The standard InChI is InChI=1S/C39H28N2O8S2/c40-26-1-5-30-20(12-26)9-22-14-28(3-7-32(22)30)48-36-16-24-11-25-17-37(39(51(45,46)47)19-35(25)34(24)18-38(36)50(42,43)44)49-29-4-8-33-23(15-29)10-21-13-27(41)2-6-31(21)33/h1-8,12-19H,9-11,40-41H2,(H,42,43,44)(H,45,46,47). The van der Waals surface area contributed by atoms with Gasteiger partial charge in [0.25, 0.3) is 20.2 Å². The maximum absolute atomic E-state index is 12.7. The first-order valence-corrected chi connectivity index (χ1v) is 18.8. The minimum Gasteiger partial charge on any atom is -0.456 e. The summed E-state index contributed by atoms with van der Waals surface area (Å²) >= 11 is 0. The SMILES string of the molecule is Nc1ccc2c(c1)Cc1cc(Oc3cc4c(cc3S(=O)(=O)O)-c3cc(S(=O)(=O)O)c(Oc5ccc6c(c5)Cc5cc(N)ccc5-6)cc3C4)ccc1-2. The van der Waals surface area contributed by atoms with Crippen molar-refractivity contribution in [2.75, 3.05) is 11.5 Å². The molecule has 3 aliphatic rings. The molecule has 0 amide bonds. The Kier molecular flexibility index (Phi) is 6.71. The van der Waals surface area contributed by atoms with Crippen LogP contribution in [0.2, 0.25) is 0 Å². The molecule has 0 atom stereocenters. The summed E-state index contributed by atoms with van der Waals surface area (Å²) < 4.78 is 83.5. The van der Waals surface area contributed by atoms with Crippen molar-refractivity contribution >= 4 is 31.6 Å². The quantitative estimate of drug-likeness (QED) is 0.0987. The third kappa shape index (κ3) is 5.31. The number of nitrogen functional groups attached to an aromatic ring is 2. The van der Waals surface area contributed by atoms with E-state index in [4.69, 9.17) is 20.9 Å². The number of anilines is 2. The molecule has 12 heteroatoms. The minimum absolute atomic E-state index is 0.0869. The third-order valence-corrected chi connectivity index (χ3v) is 11.5. The van der Waals surface area contributed by atoms with Crippen molar-refractivity contribution in [1.82, 2.24) is 0 Å². The number of rotatable bonds is 6. The summed E-state index contributed by atoms with van der Waals surface area (Å²) in [6.07, 6.45) is 1.54. The molecular formula is C39H28N2O8S2. The zero-order valence-electron chi connectivity index (χ0n) is 26.7. The predicted octanol–water partition coefficient (Wildman–Crippen LogP) is 7.64. The van der Waals surface area contributed by atoms with Gasteiger partial charge in [-0.25, -0.2) is 0 Å². The van der Waals surface area contributed by atoms with Crippen LogP contribution in [0.1, 0.15) is 33.4 Å². The average Bonchev–Trinajstić information content (AvgIpc) is 3.71. The van der Waals surface area contributed by atoms with Gasteiger partial charge in [-0.3, -0.25) is 9.11 Å². The van der Waals surface area contributed by atoms with E-state index in [1.54, 1.807) is 12.1 Å². The summed E-state index contributed by atoms with van der Waals surface area (Å²) in [5.41, 5.74) is 23.6. The maximum atomic E-state index is 12.7. The van der Waals surface area contributed by atoms with Crippen LogP contribution in [0.5, 0.6) is 23.0 Å². The molecule has 254 valence electrons. The van der Waals surface area contributed by atoms with Crippen LogP contribution in [0, 0.1) is 0 Å². The highest BCUT2D eigenvalue weighted by molar-refractivity contribution is 7.86. The second-order valence-corrected chi connectivity index (χ2v) is 15.8. The van der Waals surface area contributed by atoms with Gasteiger partial charge in [0, 0.05) is 11.4 Å². The van der Waals surface area contributed by atoms with E-state index in [1.807, 2.05) is 60.7 Å². The fraction of sp³-hybridized carbons (Fsp3) is 0.0769. The molecule has 6 N–H and O–H groups in total. The van der Waals surface area contributed by atoms with Gasteiger partial charge in [0.1, 0.15) is 32.8 Å². The fourth-order valence-corrected chi connectivity index (χ4v) is 8.80. The molecule has 0 saturated heterocycles. The Morgan fingerprint density at radius 1 is 0.431 bits per heavy atom. The number of ether oxygens (including phenoxy) is 2. The first-order chi connectivity index (χ1) is 24.3. The van der Waals surface area contributed by atoms with Crippen LogP contribution in [0.3, 0.4) is 0 Å². The van der Waals surface area contributed by atoms with Crippen molar-refractivity contribution < 1.29 is 35.4 Å². The molecule has 0 heterocycles. The molecule has 0 radical (unpaired) electrons. The summed E-state index contributed by atoms with van der Waals surface area (Å²) in [6, 6.07) is 28.0. The second-order valence-electron chi connectivity index (χ2n) is 13.1. The van der Waals surface area contributed by atoms with Gasteiger partial charge in [-0.2, -0.15) is 16.8 Å². The van der Waals surface area contributed by atoms with E-state index in [-0.39, 0.29) is 17.9 Å². The fourth-order valence-electron chi connectivity index (χ4n) is 7.56. The van der Waals surface area contributed by atoms with E-state index < -0.39 is 30.0 Å². The number of hydrogen-bond donors (Lipinski definition) is 4. The summed E-state index contributed by atoms with van der Waals surface area (Å²) in [7, 11) is -9.58. The molecule has 51 heavy (non-hydrogen) atoms. The zero-order chi connectivity index (χ0) is 35.4. The largest absolute Gasteiger partial charge is 0.456 e. The second kappa shape index (κ2) is 10.9. The summed E-state index contributed by atoms with van der Waals surface area (Å²) in [5.74, 6) is 0.576. The van der Waals surface area contributed by atoms with E-state index >= 15 is 0 Å². The van der Waals surface area contributed by atoms with Gasteiger partial charge in [0.05, 0.1) is 0 Å². The highest BCUT2D eigenvalue weighted by Crippen LogP contribution is 2.47. The summed E-state index contributed by atoms with van der Waals surface area (Å²) in [6.45, 7) is 0. The summed E-state index contributed by atoms with van der Waals surface area (Å²) in [5, 5.41) is 0. The number of benzene rings is 6. The van der Waals surface area contributed by atoms with Crippen molar-refractivity contribution in [3.63, 3.8) is 0 Å². The molecule has 0 fully saturated rings. The van der Waals surface area contributed by atoms with Gasteiger partial charge in [-0.15, -0.1) is 0 Å². The van der Waals surface area contributed by atoms with Crippen molar-refractivity contribution in [3.05, 3.63) is 130 Å². The van der Waals surface area contributed by atoms with Gasteiger partial charge >= 0.3 is 0 Å². The lowest BCUT2D eigenvalue weighted by Gasteiger charge is -2.14. The molecule has 9 rings (SSSR count). The van der Waals surface area contributed by atoms with Crippen LogP contribution in [0.4, 0.5) is 11.4 Å². The molecule has 0 saturated carbocycles. The predicted molar refractivity (Wildman–Crippen MR) is 193 cm³/mol. The molecule has 0 aromatic heterocycles. The molecule has 0 unspecified atom stereocenters. The molecular weight excluding hydrogens is 689 g/mol. The van der Waals surface area contributed by atoms with Crippen LogP contribution >= 0.6 is 0 Å². The lowest BCUT2D eigenvalue weighted by atomic mass is 10.0. The Bertz CT molecular complexity index is 2570. The van der Waals surface area contributed by atoms with Crippen molar-refractivity contribution in [3.8, 4) is 56.4 Å². The zero-order valence-corrected chi connectivity index (χ0v) is 28.3. The Balaban J connectivity index is 1.06. The van der Waals surface area contributed by atoms with Crippen LogP contribution in [-0.2, 0) is 39.5 Å². The highest BCUT2D eigenvalue weighted by atomic mass is 32.2. The van der Waals surface area contributed by atoms with Gasteiger partial charge in [0.15, 0.2) is 0 Å². The Hall–Kier alpha value is -5.66. The molecule has 0 bridgehead atoms. The van der Waals surface area contributed by atoms with Gasteiger partial charge in [-0.1, -0.05) is 24.3 Å². The maximum Gasteiger partial charge on any atom is 0.298 e. The molecule has 3 aliphatic carbocycles. The van der Waals surface area contributed by atoms with Crippen LogP contribution in [-0.4, -0.2) is 25.9 Å². The number of nitrogens with two attached hydrogens (primary N) is 2. The van der Waals surface area contributed by atoms with E-state index in [2.05, 4.69) is 0 Å². The van der Waals surface area contributed by atoms with Crippen LogP contribution < -0.4 is 20.9 Å². The highest BCUT2D eigenvalue weighted by Gasteiger charge is 2.30. The number of fused-ring (bicyclic) bond motifs is 9. The van der Waals surface area contributed by atoms with Crippen molar-refractivity contribution in [2.45, 2.75) is 29.1 Å². The van der Waals surface area contributed by atoms with Crippen LogP contribution in [0.15, 0.2) is 107 Å². The normalized spacial score (nSPS) is 13.5. The van der Waals surface area contributed by atoms with E-state index in [9.17, 15) is 25.9 Å². The summed E-state index contributed by atoms with van der Waals surface area (Å²) in [4.78, 5) is -0.972. The van der Waals surface area contributed by atoms with E-state index in [0.717, 1.165) is 44.5 Å². The molecule has 0 aliphatic heterocycles. The van der Waals surface area contributed by atoms with Crippen molar-refractivity contribution in [2.24, 2.45) is 0 Å². The molecule has 6 aromatic carbocycles. The van der Waals surface area contributed by atoms with E-state index in [1.165, 1.54) is 24.3 Å². The Labute approximate surface area is 293 Å². The van der Waals surface area contributed by atoms with Gasteiger partial charge in [-0.05, 0) is 159 Å². The lowest BCUT2D eigenvalue weighted by Crippen LogP contribution is -2.03. The lowest BCUT2D eigenvalue weighted by molar-refractivity contribution is 0.448. The topological polar surface area (TPSA) is 179 Å². The molecule has 0 spiro atoms. The minimum atomic E-state index is -4.79. The molecule has 10 nitrogen and oxygen atoms in total. The first kappa shape index (κ1) is 31.3. The van der Waals surface area contributed by atoms with Crippen LogP contribution in [0.25, 0.3) is 33.4 Å². The van der Waals surface area contributed by atoms with E-state index in [0.29, 0.717) is 58.0 Å². The molecule has 6 aromatic rings. The first-order valence-electron chi connectivity index (χ1n) is 16.0. The van der Waals surface area contributed by atoms with Gasteiger partial charge < -0.3 is 20.9 Å². The number of hydrogen-bond acceptors (Lipinski definition) is 8. The third-order valence-electron chi connectivity index (χ3n) is 9.78. The average molecular weight is 717 g/mol. The Morgan fingerprint density at radius 2 is 0.765 bits per heavy atom. The Morgan fingerprint density at radius 3 is 1.14 bits per heavy atom. The monoisotopic (exact) mass is 716 g/mol.